The number of nitrogens with zero attached hydrogens (tertiary/aromatic N) is 1. The summed E-state index contributed by atoms with van der Waals surface area (Å²) in [6.45, 7) is 4.50. The van der Waals surface area contributed by atoms with E-state index in [1.165, 1.54) is 14.2 Å². The number of esters is 1. The highest BCUT2D eigenvalue weighted by Crippen LogP contribution is 2.35. The van der Waals surface area contributed by atoms with Gasteiger partial charge in [-0.2, -0.15) is 0 Å². The summed E-state index contributed by atoms with van der Waals surface area (Å²) in [6.07, 6.45) is 5.75. The number of hydrogen-bond donors (Lipinski definition) is 0. The van der Waals surface area contributed by atoms with Crippen LogP contribution in [0.25, 0.3) is 0 Å². The van der Waals surface area contributed by atoms with Crippen molar-refractivity contribution in [3.05, 3.63) is 23.5 Å². The van der Waals surface area contributed by atoms with Crippen LogP contribution in [0.4, 0.5) is 0 Å². The minimum atomic E-state index is -0.387. The normalized spacial score (nSPS) is 25.2. The molecule has 1 saturated heterocycles. The van der Waals surface area contributed by atoms with Gasteiger partial charge in [-0.15, -0.1) is 0 Å². The second-order valence-corrected chi connectivity index (χ2v) is 5.32. The van der Waals surface area contributed by atoms with Gasteiger partial charge in [-0.05, 0) is 18.8 Å². The van der Waals surface area contributed by atoms with Crippen molar-refractivity contribution in [2.45, 2.75) is 45.6 Å². The lowest BCUT2D eigenvalue weighted by Crippen LogP contribution is -2.12. The Balaban J connectivity index is 2.20. The second-order valence-electron chi connectivity index (χ2n) is 5.32. The summed E-state index contributed by atoms with van der Waals surface area (Å²) in [5.41, 5.74) is 1.20. The van der Waals surface area contributed by atoms with Crippen LogP contribution in [0.2, 0.25) is 0 Å². The molecule has 6 nitrogen and oxygen atoms in total. The van der Waals surface area contributed by atoms with Gasteiger partial charge < -0.3 is 14.0 Å². The first kappa shape index (κ1) is 16.0. The summed E-state index contributed by atoms with van der Waals surface area (Å²) < 4.78 is 12.8. The van der Waals surface area contributed by atoms with Gasteiger partial charge in [0.2, 0.25) is 0 Å². The maximum Gasteiger partial charge on any atom is 0.339 e. The molecule has 0 radical (unpaired) electrons. The molecule has 3 atom stereocenters. The van der Waals surface area contributed by atoms with Gasteiger partial charge >= 0.3 is 5.97 Å². The smallest absolute Gasteiger partial charge is 0.339 e. The van der Waals surface area contributed by atoms with E-state index in [9.17, 15) is 4.79 Å². The Hall–Kier alpha value is -1.37. The first-order valence-electron chi connectivity index (χ1n) is 7.20. The molecule has 2 heterocycles. The van der Waals surface area contributed by atoms with Gasteiger partial charge in [0.25, 0.3) is 0 Å². The van der Waals surface area contributed by atoms with E-state index in [-0.39, 0.29) is 24.9 Å². The minimum Gasteiger partial charge on any atom is -0.465 e. The molecular formula is C15H23NO5. The largest absolute Gasteiger partial charge is 0.465 e. The first-order valence-corrected chi connectivity index (χ1v) is 7.20. The van der Waals surface area contributed by atoms with Crippen LogP contribution in [0.15, 0.2) is 12.4 Å². The van der Waals surface area contributed by atoms with Crippen LogP contribution in [0, 0.1) is 5.92 Å². The summed E-state index contributed by atoms with van der Waals surface area (Å²) in [6, 6.07) is 0. The lowest BCUT2D eigenvalue weighted by Gasteiger charge is -2.14. The molecule has 1 aliphatic rings. The van der Waals surface area contributed by atoms with E-state index in [1.54, 1.807) is 6.20 Å². The Kier molecular flexibility index (Phi) is 5.39. The number of rotatable bonds is 6. The highest BCUT2D eigenvalue weighted by molar-refractivity contribution is 5.90. The second kappa shape index (κ2) is 7.06. The van der Waals surface area contributed by atoms with Crippen LogP contribution in [-0.2, 0) is 25.9 Å². The van der Waals surface area contributed by atoms with Crippen molar-refractivity contribution < 1.29 is 24.0 Å². The maximum absolute atomic E-state index is 11.8. The zero-order chi connectivity index (χ0) is 15.4. The molecule has 1 aromatic heterocycles. The fourth-order valence-corrected chi connectivity index (χ4v) is 2.77. The number of carbonyl (C=O) groups is 1. The van der Waals surface area contributed by atoms with Crippen molar-refractivity contribution >= 4 is 5.97 Å². The van der Waals surface area contributed by atoms with Crippen molar-refractivity contribution in [1.82, 2.24) is 4.57 Å². The number of ether oxygens (including phenoxy) is 2. The number of carbonyl (C=O) groups excluding carboxylic acids is 1. The van der Waals surface area contributed by atoms with Gasteiger partial charge in [-0.25, -0.2) is 14.6 Å². The SMILES string of the molecule is CCC1OC(n2cc(COOC)c(C(=O)OC)c2)CC1C. The van der Waals surface area contributed by atoms with Gasteiger partial charge in [-0.3, -0.25) is 0 Å². The molecule has 1 fully saturated rings. The van der Waals surface area contributed by atoms with Gasteiger partial charge in [-0.1, -0.05) is 13.8 Å². The van der Waals surface area contributed by atoms with Crippen LogP contribution in [-0.4, -0.2) is 30.9 Å². The van der Waals surface area contributed by atoms with Gasteiger partial charge in [0.15, 0.2) is 0 Å². The predicted octanol–water partition coefficient (Wildman–Crippen LogP) is 2.69. The molecule has 2 rings (SSSR count). The Morgan fingerprint density at radius 2 is 2.19 bits per heavy atom. The molecule has 3 unspecified atom stereocenters. The van der Waals surface area contributed by atoms with Crippen molar-refractivity contribution in [2.24, 2.45) is 5.92 Å². The molecule has 21 heavy (non-hydrogen) atoms. The van der Waals surface area contributed by atoms with Crippen molar-refractivity contribution in [2.75, 3.05) is 14.2 Å². The molecule has 6 heteroatoms. The van der Waals surface area contributed by atoms with Gasteiger partial charge in [0.1, 0.15) is 12.8 Å². The van der Waals surface area contributed by atoms with E-state index in [0.717, 1.165) is 18.4 Å². The summed E-state index contributed by atoms with van der Waals surface area (Å²) in [5.74, 6) is 0.115. The molecule has 1 aromatic rings. The molecule has 0 aromatic carbocycles. The summed E-state index contributed by atoms with van der Waals surface area (Å²) >= 11 is 0. The molecule has 0 N–H and O–H groups in total. The van der Waals surface area contributed by atoms with Crippen LogP contribution < -0.4 is 0 Å². The third-order valence-corrected chi connectivity index (χ3v) is 3.94. The van der Waals surface area contributed by atoms with Crippen LogP contribution in [0.5, 0.6) is 0 Å². The lowest BCUT2D eigenvalue weighted by molar-refractivity contribution is -0.282. The van der Waals surface area contributed by atoms with E-state index in [2.05, 4.69) is 18.7 Å². The fourth-order valence-electron chi connectivity index (χ4n) is 2.77. The predicted molar refractivity (Wildman–Crippen MR) is 75.6 cm³/mol. The standard InChI is InChI=1S/C15H23NO5/c1-5-13-10(2)6-14(21-13)16-7-11(9-20-19-4)12(8-16)15(17)18-3/h7-8,10,13-14H,5-6,9H2,1-4H3. The lowest BCUT2D eigenvalue weighted by atomic mass is 10.0. The molecule has 118 valence electrons. The van der Waals surface area contributed by atoms with Crippen LogP contribution >= 0.6 is 0 Å². The Morgan fingerprint density at radius 1 is 1.43 bits per heavy atom. The molecule has 0 saturated carbocycles. The molecule has 1 aliphatic heterocycles. The summed E-state index contributed by atoms with van der Waals surface area (Å²) in [7, 11) is 2.80. The highest BCUT2D eigenvalue weighted by Gasteiger charge is 2.32. The molecule has 0 aliphatic carbocycles. The molecular weight excluding hydrogens is 274 g/mol. The number of hydrogen-bond acceptors (Lipinski definition) is 5. The Bertz CT molecular complexity index is 484. The van der Waals surface area contributed by atoms with E-state index < -0.39 is 0 Å². The quantitative estimate of drug-likeness (QED) is 0.459. The Morgan fingerprint density at radius 3 is 2.76 bits per heavy atom. The van der Waals surface area contributed by atoms with Crippen molar-refractivity contribution in [3.8, 4) is 0 Å². The van der Waals surface area contributed by atoms with Crippen molar-refractivity contribution in [1.29, 1.82) is 0 Å². The summed E-state index contributed by atoms with van der Waals surface area (Å²) in [5, 5.41) is 0. The van der Waals surface area contributed by atoms with Crippen LogP contribution in [0.1, 0.15) is 48.8 Å². The Labute approximate surface area is 124 Å². The van der Waals surface area contributed by atoms with Crippen molar-refractivity contribution in [3.63, 3.8) is 0 Å². The average Bonchev–Trinajstić information content (AvgIpc) is 3.07. The first-order chi connectivity index (χ1) is 10.1. The monoisotopic (exact) mass is 297 g/mol. The average molecular weight is 297 g/mol. The zero-order valence-corrected chi connectivity index (χ0v) is 13.0. The number of methoxy groups -OCH3 is 1. The maximum atomic E-state index is 11.8. The molecule has 0 bridgehead atoms. The summed E-state index contributed by atoms with van der Waals surface area (Å²) in [4.78, 5) is 21.4. The molecule has 0 spiro atoms. The minimum absolute atomic E-state index is 0.0512. The zero-order valence-electron chi connectivity index (χ0n) is 13.0. The van der Waals surface area contributed by atoms with E-state index in [0.29, 0.717) is 11.5 Å². The molecule has 0 amide bonds. The topological polar surface area (TPSA) is 58.9 Å². The van der Waals surface area contributed by atoms with Crippen LogP contribution in [0.3, 0.4) is 0 Å². The third kappa shape index (κ3) is 3.45. The number of aromatic nitrogens is 1. The van der Waals surface area contributed by atoms with E-state index >= 15 is 0 Å². The van der Waals surface area contributed by atoms with E-state index in [4.69, 9.17) is 14.4 Å². The highest BCUT2D eigenvalue weighted by atomic mass is 17.2. The third-order valence-electron chi connectivity index (χ3n) is 3.94. The van der Waals surface area contributed by atoms with Gasteiger partial charge in [0.05, 0.1) is 25.9 Å². The van der Waals surface area contributed by atoms with Gasteiger partial charge in [0, 0.05) is 18.0 Å². The van der Waals surface area contributed by atoms with E-state index in [1.807, 2.05) is 10.8 Å². The fraction of sp³-hybridized carbons (Fsp3) is 0.667.